The lowest BCUT2D eigenvalue weighted by Crippen LogP contribution is -2.53. The summed E-state index contributed by atoms with van der Waals surface area (Å²) < 4.78 is 5.26. The van der Waals surface area contributed by atoms with Crippen LogP contribution >= 0.6 is 0 Å². The zero-order valence-electron chi connectivity index (χ0n) is 16.4. The fourth-order valence-electron chi connectivity index (χ4n) is 3.82. The Kier molecular flexibility index (Phi) is 4.78. The van der Waals surface area contributed by atoms with Crippen LogP contribution in [0.3, 0.4) is 0 Å². The van der Waals surface area contributed by atoms with E-state index in [-0.39, 0.29) is 17.9 Å². The van der Waals surface area contributed by atoms with E-state index in [0.29, 0.717) is 0 Å². The molecule has 0 radical (unpaired) electrons. The number of hydrogen-bond acceptors (Lipinski definition) is 3. The van der Waals surface area contributed by atoms with Gasteiger partial charge in [0.25, 0.3) is 0 Å². The Hall–Kier alpha value is -3.27. The highest BCUT2D eigenvalue weighted by atomic mass is 16.5. The van der Waals surface area contributed by atoms with Crippen molar-refractivity contribution in [2.75, 3.05) is 31.0 Å². The van der Waals surface area contributed by atoms with Crippen molar-refractivity contribution in [3.05, 3.63) is 90.0 Å². The van der Waals surface area contributed by atoms with E-state index in [1.54, 1.807) is 7.11 Å². The van der Waals surface area contributed by atoms with E-state index in [9.17, 15) is 4.79 Å². The van der Waals surface area contributed by atoms with Crippen LogP contribution in [0.5, 0.6) is 5.75 Å². The van der Waals surface area contributed by atoms with Gasteiger partial charge in [-0.3, -0.25) is 4.79 Å². The number of hydrogen-bond donors (Lipinski definition) is 0. The van der Waals surface area contributed by atoms with Gasteiger partial charge in [0.2, 0.25) is 5.91 Å². The summed E-state index contributed by atoms with van der Waals surface area (Å²) in [7, 11) is 5.70. The average molecular weight is 372 g/mol. The van der Waals surface area contributed by atoms with Crippen LogP contribution in [0.1, 0.15) is 23.1 Å². The number of anilines is 2. The van der Waals surface area contributed by atoms with Crippen LogP contribution in [0, 0.1) is 0 Å². The number of amides is 1. The molecule has 4 rings (SSSR count). The molecule has 0 saturated carbocycles. The Balaban J connectivity index is 1.73. The van der Waals surface area contributed by atoms with Gasteiger partial charge >= 0.3 is 0 Å². The van der Waals surface area contributed by atoms with Crippen molar-refractivity contribution in [1.29, 1.82) is 0 Å². The number of methoxy groups -OCH3 is 1. The molecule has 0 aliphatic carbocycles. The van der Waals surface area contributed by atoms with E-state index in [1.807, 2.05) is 73.6 Å². The largest absolute Gasteiger partial charge is 0.497 e. The normalized spacial score (nSPS) is 18.5. The third-order valence-corrected chi connectivity index (χ3v) is 5.36. The summed E-state index contributed by atoms with van der Waals surface area (Å²) in [5, 5.41) is 0. The molecule has 1 fully saturated rings. The lowest BCUT2D eigenvalue weighted by Gasteiger charge is -2.48. The van der Waals surface area contributed by atoms with Crippen molar-refractivity contribution < 1.29 is 9.53 Å². The number of β-lactam (4-membered cyclic amide) rings is 1. The number of carbonyl (C=O) groups is 1. The molecular formula is C24H24N2O2. The van der Waals surface area contributed by atoms with Crippen LogP contribution < -0.4 is 14.5 Å². The quantitative estimate of drug-likeness (QED) is 0.612. The molecule has 1 aliphatic rings. The fourth-order valence-corrected chi connectivity index (χ4v) is 3.82. The molecule has 0 aromatic heterocycles. The average Bonchev–Trinajstić information content (AvgIpc) is 2.73. The predicted molar refractivity (Wildman–Crippen MR) is 113 cm³/mol. The maximum Gasteiger partial charge on any atom is 0.237 e. The van der Waals surface area contributed by atoms with Crippen LogP contribution in [-0.4, -0.2) is 27.1 Å². The summed E-state index contributed by atoms with van der Waals surface area (Å²) in [5.41, 5.74) is 4.22. The minimum Gasteiger partial charge on any atom is -0.497 e. The van der Waals surface area contributed by atoms with Crippen LogP contribution in [0.2, 0.25) is 0 Å². The number of benzene rings is 3. The van der Waals surface area contributed by atoms with Crippen molar-refractivity contribution in [2.24, 2.45) is 0 Å². The minimum absolute atomic E-state index is 0.0282. The second-order valence-corrected chi connectivity index (χ2v) is 7.23. The number of nitrogens with zero attached hydrogens (tertiary/aromatic N) is 2. The molecule has 0 N–H and O–H groups in total. The van der Waals surface area contributed by atoms with E-state index in [0.717, 1.165) is 28.3 Å². The molecule has 2 atom stereocenters. The Labute approximate surface area is 166 Å². The summed E-state index contributed by atoms with van der Waals surface area (Å²) in [6.45, 7) is 0. The topological polar surface area (TPSA) is 32.8 Å². The third-order valence-electron chi connectivity index (χ3n) is 5.36. The lowest BCUT2D eigenvalue weighted by molar-refractivity contribution is -0.126. The van der Waals surface area contributed by atoms with Gasteiger partial charge in [-0.15, -0.1) is 0 Å². The summed E-state index contributed by atoms with van der Waals surface area (Å²) >= 11 is 0. The SMILES string of the molecule is COc1ccc(N2C(=O)[C@H](c3ccccc3)[C@@H]2c2ccc(N(C)C)cc2)cc1. The maximum absolute atomic E-state index is 13.2. The molecule has 0 bridgehead atoms. The fraction of sp³-hybridized carbons (Fsp3) is 0.208. The molecule has 0 unspecified atom stereocenters. The first kappa shape index (κ1) is 18.1. The first-order chi connectivity index (χ1) is 13.6. The highest BCUT2D eigenvalue weighted by Crippen LogP contribution is 2.49. The number of rotatable bonds is 5. The van der Waals surface area contributed by atoms with Gasteiger partial charge in [0.05, 0.1) is 19.1 Å². The molecular weight excluding hydrogens is 348 g/mol. The Morgan fingerprint density at radius 2 is 1.46 bits per heavy atom. The second kappa shape index (κ2) is 7.39. The predicted octanol–water partition coefficient (Wildman–Crippen LogP) is 4.63. The van der Waals surface area contributed by atoms with Gasteiger partial charge in [-0.05, 0) is 47.5 Å². The summed E-state index contributed by atoms with van der Waals surface area (Å²) in [4.78, 5) is 17.1. The van der Waals surface area contributed by atoms with Crippen molar-refractivity contribution in [2.45, 2.75) is 12.0 Å². The maximum atomic E-state index is 13.2. The smallest absolute Gasteiger partial charge is 0.237 e. The molecule has 3 aromatic carbocycles. The molecule has 1 aliphatic heterocycles. The van der Waals surface area contributed by atoms with Crippen LogP contribution in [0.15, 0.2) is 78.9 Å². The van der Waals surface area contributed by atoms with Gasteiger partial charge in [0.15, 0.2) is 0 Å². The van der Waals surface area contributed by atoms with Gasteiger partial charge < -0.3 is 14.5 Å². The van der Waals surface area contributed by atoms with E-state index >= 15 is 0 Å². The Morgan fingerprint density at radius 1 is 0.821 bits per heavy atom. The van der Waals surface area contributed by atoms with E-state index < -0.39 is 0 Å². The highest BCUT2D eigenvalue weighted by Gasteiger charge is 2.49. The third kappa shape index (κ3) is 3.11. The monoisotopic (exact) mass is 372 g/mol. The van der Waals surface area contributed by atoms with E-state index in [4.69, 9.17) is 4.74 Å². The molecule has 4 nitrogen and oxygen atoms in total. The second-order valence-electron chi connectivity index (χ2n) is 7.23. The first-order valence-electron chi connectivity index (χ1n) is 9.39. The van der Waals surface area contributed by atoms with Crippen LogP contribution in [0.4, 0.5) is 11.4 Å². The van der Waals surface area contributed by atoms with Gasteiger partial charge in [-0.1, -0.05) is 42.5 Å². The van der Waals surface area contributed by atoms with Crippen LogP contribution in [-0.2, 0) is 4.79 Å². The molecule has 28 heavy (non-hydrogen) atoms. The summed E-state index contributed by atoms with van der Waals surface area (Å²) in [5.74, 6) is 0.731. The number of ether oxygens (including phenoxy) is 1. The molecule has 1 saturated heterocycles. The lowest BCUT2D eigenvalue weighted by atomic mass is 9.77. The van der Waals surface area contributed by atoms with Crippen molar-refractivity contribution in [3.63, 3.8) is 0 Å². The standard InChI is InChI=1S/C24H24N2O2/c1-25(2)19-11-9-18(10-12-19)23-22(17-7-5-4-6-8-17)24(27)26(23)20-13-15-21(28-3)16-14-20/h4-16,22-23H,1-3H3/t22-,23+/m1/s1. The molecule has 142 valence electrons. The van der Waals surface area contributed by atoms with E-state index in [1.165, 1.54) is 0 Å². The Bertz CT molecular complexity index is 950. The van der Waals surface area contributed by atoms with Crippen molar-refractivity contribution >= 4 is 17.3 Å². The van der Waals surface area contributed by atoms with E-state index in [2.05, 4.69) is 29.2 Å². The molecule has 1 amide bonds. The summed E-state index contributed by atoms with van der Waals surface area (Å²) in [6.07, 6.45) is 0. The number of carbonyl (C=O) groups excluding carboxylic acids is 1. The zero-order valence-corrected chi connectivity index (χ0v) is 16.4. The first-order valence-corrected chi connectivity index (χ1v) is 9.39. The van der Waals surface area contributed by atoms with Gasteiger partial charge in [0, 0.05) is 25.5 Å². The molecule has 3 aromatic rings. The van der Waals surface area contributed by atoms with Gasteiger partial charge in [-0.25, -0.2) is 0 Å². The van der Waals surface area contributed by atoms with Gasteiger partial charge in [-0.2, -0.15) is 0 Å². The Morgan fingerprint density at radius 3 is 2.04 bits per heavy atom. The van der Waals surface area contributed by atoms with Crippen molar-refractivity contribution in [3.8, 4) is 5.75 Å². The zero-order chi connectivity index (χ0) is 19.7. The highest BCUT2D eigenvalue weighted by molar-refractivity contribution is 6.06. The van der Waals surface area contributed by atoms with Crippen molar-refractivity contribution in [1.82, 2.24) is 0 Å². The molecule has 0 spiro atoms. The summed E-state index contributed by atoms with van der Waals surface area (Å²) in [6, 6.07) is 26.1. The van der Waals surface area contributed by atoms with Crippen LogP contribution in [0.25, 0.3) is 0 Å². The minimum atomic E-state index is -0.173. The van der Waals surface area contributed by atoms with Gasteiger partial charge in [0.1, 0.15) is 5.75 Å². The molecule has 4 heteroatoms. The molecule has 1 heterocycles.